The van der Waals surface area contributed by atoms with Gasteiger partial charge in [0.2, 0.25) is 0 Å². The van der Waals surface area contributed by atoms with Crippen LogP contribution in [-0.4, -0.2) is 51.2 Å². The molecule has 0 aliphatic carbocycles. The van der Waals surface area contributed by atoms with Gasteiger partial charge in [-0.2, -0.15) is 0 Å². The van der Waals surface area contributed by atoms with E-state index in [9.17, 15) is 0 Å². The Morgan fingerprint density at radius 3 is 2.67 bits per heavy atom. The van der Waals surface area contributed by atoms with Crippen molar-refractivity contribution in [3.05, 3.63) is 29.8 Å². The lowest BCUT2D eigenvalue weighted by Crippen LogP contribution is -2.39. The van der Waals surface area contributed by atoms with Crippen LogP contribution in [0, 0.1) is 5.92 Å². The number of likely N-dealkylation sites (tertiary alicyclic amines) is 1. The fourth-order valence-electron chi connectivity index (χ4n) is 3.23. The smallest absolute Gasteiger partial charge is 0.191 e. The lowest BCUT2D eigenvalue weighted by molar-refractivity contribution is 0.187. The molecule has 1 aliphatic heterocycles. The number of hydrogen-bond acceptors (Lipinski definition) is 3. The first-order chi connectivity index (χ1) is 11.8. The monoisotopic (exact) mass is 332 g/mol. The molecule has 1 aliphatic rings. The Morgan fingerprint density at radius 2 is 2.00 bits per heavy atom. The van der Waals surface area contributed by atoms with Crippen molar-refractivity contribution in [2.24, 2.45) is 10.9 Å². The molecular weight excluding hydrogens is 300 g/mol. The van der Waals surface area contributed by atoms with Crippen LogP contribution in [0.1, 0.15) is 31.7 Å². The number of rotatable bonds is 7. The zero-order valence-corrected chi connectivity index (χ0v) is 15.3. The normalized spacial score (nSPS) is 16.9. The molecule has 0 aromatic heterocycles. The van der Waals surface area contributed by atoms with Gasteiger partial charge in [-0.25, -0.2) is 0 Å². The number of ether oxygens (including phenoxy) is 1. The third-order valence-electron chi connectivity index (χ3n) is 4.86. The fourth-order valence-corrected chi connectivity index (χ4v) is 3.23. The highest BCUT2D eigenvalue weighted by molar-refractivity contribution is 5.79. The van der Waals surface area contributed by atoms with Gasteiger partial charge in [0.25, 0.3) is 0 Å². The van der Waals surface area contributed by atoms with Crippen LogP contribution in [0.4, 0.5) is 0 Å². The van der Waals surface area contributed by atoms with Crippen LogP contribution in [-0.2, 0) is 6.54 Å². The summed E-state index contributed by atoms with van der Waals surface area (Å²) in [4.78, 5) is 6.85. The van der Waals surface area contributed by atoms with Crippen LogP contribution in [0.15, 0.2) is 29.3 Å². The van der Waals surface area contributed by atoms with E-state index in [1.54, 1.807) is 7.11 Å². The number of nitrogens with zero attached hydrogens (tertiary/aromatic N) is 2. The Kier molecular flexibility index (Phi) is 7.89. The molecule has 0 amide bonds. The fraction of sp³-hybridized carbons (Fsp3) is 0.632. The minimum atomic E-state index is 0.707. The second-order valence-electron chi connectivity index (χ2n) is 6.33. The zero-order valence-electron chi connectivity index (χ0n) is 15.3. The number of nitrogens with one attached hydrogen (secondary N) is 2. The van der Waals surface area contributed by atoms with E-state index in [2.05, 4.69) is 33.5 Å². The molecule has 134 valence electrons. The van der Waals surface area contributed by atoms with Gasteiger partial charge in [0, 0.05) is 25.7 Å². The molecule has 0 spiro atoms. The summed E-state index contributed by atoms with van der Waals surface area (Å²) in [6, 6.07) is 8.06. The van der Waals surface area contributed by atoms with Crippen LogP contribution >= 0.6 is 0 Å². The molecule has 0 radical (unpaired) electrons. The van der Waals surface area contributed by atoms with Gasteiger partial charge in [-0.15, -0.1) is 0 Å². The number of guanidine groups is 1. The molecule has 0 bridgehead atoms. The molecule has 5 heteroatoms. The molecule has 0 atom stereocenters. The number of benzene rings is 1. The molecule has 2 N–H and O–H groups in total. The Balaban J connectivity index is 1.69. The Bertz CT molecular complexity index is 510. The molecule has 2 rings (SSSR count). The van der Waals surface area contributed by atoms with Crippen LogP contribution in [0.2, 0.25) is 0 Å². The Labute approximate surface area is 146 Å². The van der Waals surface area contributed by atoms with E-state index < -0.39 is 0 Å². The number of para-hydroxylation sites is 1. The van der Waals surface area contributed by atoms with E-state index in [0.29, 0.717) is 6.54 Å². The first kappa shape index (κ1) is 18.6. The van der Waals surface area contributed by atoms with E-state index in [1.165, 1.54) is 38.9 Å². The van der Waals surface area contributed by atoms with E-state index in [4.69, 9.17) is 4.74 Å². The summed E-state index contributed by atoms with van der Waals surface area (Å²) in [5, 5.41) is 6.80. The molecule has 0 saturated carbocycles. The second kappa shape index (κ2) is 10.2. The van der Waals surface area contributed by atoms with Gasteiger partial charge < -0.3 is 20.3 Å². The number of aliphatic imine (C=N–C) groups is 1. The number of methoxy groups -OCH3 is 1. The predicted octanol–water partition coefficient (Wildman–Crippen LogP) is 2.48. The summed E-state index contributed by atoms with van der Waals surface area (Å²) >= 11 is 0. The van der Waals surface area contributed by atoms with Crippen molar-refractivity contribution in [1.29, 1.82) is 0 Å². The summed E-state index contributed by atoms with van der Waals surface area (Å²) in [7, 11) is 3.52. The quantitative estimate of drug-likeness (QED) is 0.595. The van der Waals surface area contributed by atoms with Crippen molar-refractivity contribution in [1.82, 2.24) is 15.5 Å². The van der Waals surface area contributed by atoms with Crippen molar-refractivity contribution in [3.63, 3.8) is 0 Å². The van der Waals surface area contributed by atoms with Crippen molar-refractivity contribution in [2.75, 3.05) is 40.3 Å². The average Bonchev–Trinajstić information content (AvgIpc) is 2.65. The zero-order chi connectivity index (χ0) is 17.2. The third-order valence-corrected chi connectivity index (χ3v) is 4.86. The maximum atomic E-state index is 5.39. The second-order valence-corrected chi connectivity index (χ2v) is 6.33. The maximum absolute atomic E-state index is 5.39. The topological polar surface area (TPSA) is 48.9 Å². The number of piperidine rings is 1. The maximum Gasteiger partial charge on any atom is 0.191 e. The molecule has 5 nitrogen and oxygen atoms in total. The van der Waals surface area contributed by atoms with E-state index in [1.807, 2.05) is 25.2 Å². The van der Waals surface area contributed by atoms with Crippen LogP contribution in [0.5, 0.6) is 5.75 Å². The minimum absolute atomic E-state index is 0.707. The van der Waals surface area contributed by atoms with Gasteiger partial charge in [0.1, 0.15) is 5.75 Å². The van der Waals surface area contributed by atoms with Crippen LogP contribution in [0.25, 0.3) is 0 Å². The SMILES string of the molecule is CCN1CCC(CCNC(=NC)NCc2ccccc2OC)CC1. The van der Waals surface area contributed by atoms with Crippen molar-refractivity contribution < 1.29 is 4.74 Å². The summed E-state index contributed by atoms with van der Waals surface area (Å²) in [6.45, 7) is 7.62. The average molecular weight is 332 g/mol. The lowest BCUT2D eigenvalue weighted by atomic mass is 9.93. The molecule has 24 heavy (non-hydrogen) atoms. The summed E-state index contributed by atoms with van der Waals surface area (Å²) < 4.78 is 5.39. The molecule has 1 aromatic rings. The van der Waals surface area contributed by atoms with Crippen LogP contribution in [0.3, 0.4) is 0 Å². The van der Waals surface area contributed by atoms with Crippen LogP contribution < -0.4 is 15.4 Å². The highest BCUT2D eigenvalue weighted by atomic mass is 16.5. The Morgan fingerprint density at radius 1 is 1.25 bits per heavy atom. The van der Waals surface area contributed by atoms with Gasteiger partial charge >= 0.3 is 0 Å². The molecule has 1 saturated heterocycles. The predicted molar refractivity (Wildman–Crippen MR) is 101 cm³/mol. The minimum Gasteiger partial charge on any atom is -0.496 e. The van der Waals surface area contributed by atoms with Crippen molar-refractivity contribution in [3.8, 4) is 5.75 Å². The molecule has 1 heterocycles. The van der Waals surface area contributed by atoms with E-state index in [0.717, 1.165) is 29.7 Å². The van der Waals surface area contributed by atoms with Crippen molar-refractivity contribution >= 4 is 5.96 Å². The first-order valence-electron chi connectivity index (χ1n) is 9.05. The largest absolute Gasteiger partial charge is 0.496 e. The summed E-state index contributed by atoms with van der Waals surface area (Å²) in [5.74, 6) is 2.60. The summed E-state index contributed by atoms with van der Waals surface area (Å²) in [6.07, 6.45) is 3.86. The molecule has 0 unspecified atom stereocenters. The first-order valence-corrected chi connectivity index (χ1v) is 9.05. The van der Waals surface area contributed by atoms with Gasteiger partial charge in [0.05, 0.1) is 7.11 Å². The number of hydrogen-bond donors (Lipinski definition) is 2. The molecule has 1 fully saturated rings. The molecular formula is C19H32N4O. The standard InChI is InChI=1S/C19H32N4O/c1-4-23-13-10-16(11-14-23)9-12-21-19(20-2)22-15-17-7-5-6-8-18(17)24-3/h5-8,16H,4,9-15H2,1-3H3,(H2,20,21,22). The van der Waals surface area contributed by atoms with Gasteiger partial charge in [-0.1, -0.05) is 25.1 Å². The van der Waals surface area contributed by atoms with Gasteiger partial charge in [-0.3, -0.25) is 4.99 Å². The van der Waals surface area contributed by atoms with Gasteiger partial charge in [-0.05, 0) is 50.9 Å². The Hall–Kier alpha value is -1.75. The van der Waals surface area contributed by atoms with Gasteiger partial charge in [0.15, 0.2) is 5.96 Å². The lowest BCUT2D eigenvalue weighted by Gasteiger charge is -2.31. The molecule has 1 aromatic carbocycles. The highest BCUT2D eigenvalue weighted by Gasteiger charge is 2.17. The van der Waals surface area contributed by atoms with E-state index >= 15 is 0 Å². The van der Waals surface area contributed by atoms with Crippen molar-refractivity contribution in [2.45, 2.75) is 32.7 Å². The third kappa shape index (κ3) is 5.71. The summed E-state index contributed by atoms with van der Waals surface area (Å²) in [5.41, 5.74) is 1.13. The van der Waals surface area contributed by atoms with E-state index in [-0.39, 0.29) is 0 Å². The highest BCUT2D eigenvalue weighted by Crippen LogP contribution is 2.19.